The van der Waals surface area contributed by atoms with Gasteiger partial charge in [0.1, 0.15) is 18.2 Å². The fourth-order valence-corrected chi connectivity index (χ4v) is 4.79. The molecule has 0 N–H and O–H groups in total. The smallest absolute Gasteiger partial charge is 0.417 e. The summed E-state index contributed by atoms with van der Waals surface area (Å²) in [6.45, 7) is 12.8. The van der Waals surface area contributed by atoms with Crippen LogP contribution in [0.25, 0.3) is 11.1 Å². The predicted octanol–water partition coefficient (Wildman–Crippen LogP) is 6.61. The van der Waals surface area contributed by atoms with E-state index >= 15 is 0 Å². The number of hydrogen-bond acceptors (Lipinski definition) is 9. The Labute approximate surface area is 267 Å². The molecule has 1 fully saturated rings. The van der Waals surface area contributed by atoms with E-state index in [1.165, 1.54) is 7.11 Å². The van der Waals surface area contributed by atoms with Crippen molar-refractivity contribution in [2.75, 3.05) is 49.7 Å². The number of halogens is 3. The summed E-state index contributed by atoms with van der Waals surface area (Å²) in [5.41, 5.74) is 2.07. The van der Waals surface area contributed by atoms with Crippen LogP contribution in [0.1, 0.15) is 46.7 Å². The van der Waals surface area contributed by atoms with Gasteiger partial charge in [-0.05, 0) is 57.7 Å². The molecule has 1 aromatic heterocycles. The number of benzene rings is 1. The molecule has 0 bridgehead atoms. The first-order valence-electron chi connectivity index (χ1n) is 13.9. The number of methoxy groups -OCH3 is 1. The normalized spacial score (nSPS) is 14.9. The Kier molecular flexibility index (Phi) is 11.5. The third-order valence-corrected chi connectivity index (χ3v) is 6.88. The lowest BCUT2D eigenvalue weighted by molar-refractivity contribution is -0.142. The largest absolute Gasteiger partial charge is 0.467 e. The number of anilines is 2. The summed E-state index contributed by atoms with van der Waals surface area (Å²) in [5, 5.41) is 4.10. The second-order valence-electron chi connectivity index (χ2n) is 11.7. The molecular formula is C29H39Cl3N4O7. The third-order valence-electron chi connectivity index (χ3n) is 6.55. The minimum atomic E-state index is -1.87. The average molecular weight is 662 g/mol. The molecule has 0 aliphatic carbocycles. The molecule has 1 atom stereocenters. The van der Waals surface area contributed by atoms with Gasteiger partial charge < -0.3 is 28.5 Å². The van der Waals surface area contributed by atoms with E-state index < -0.39 is 34.1 Å². The van der Waals surface area contributed by atoms with Crippen molar-refractivity contribution < 1.29 is 33.1 Å². The van der Waals surface area contributed by atoms with Crippen molar-refractivity contribution in [2.24, 2.45) is 5.92 Å². The fourth-order valence-electron chi connectivity index (χ4n) is 4.62. The second kappa shape index (κ2) is 14.3. The number of esters is 1. The van der Waals surface area contributed by atoms with Crippen LogP contribution in [-0.4, -0.2) is 83.5 Å². The molecule has 1 aliphatic heterocycles. The number of rotatable bonds is 8. The Morgan fingerprint density at radius 3 is 2.16 bits per heavy atom. The van der Waals surface area contributed by atoms with Gasteiger partial charge in [-0.1, -0.05) is 65.9 Å². The van der Waals surface area contributed by atoms with Crippen LogP contribution < -0.4 is 9.80 Å². The lowest BCUT2D eigenvalue weighted by Gasteiger charge is -2.36. The van der Waals surface area contributed by atoms with Gasteiger partial charge >= 0.3 is 18.2 Å². The van der Waals surface area contributed by atoms with Crippen molar-refractivity contribution in [3.8, 4) is 11.1 Å². The summed E-state index contributed by atoms with van der Waals surface area (Å²) in [6, 6.07) is 6.52. The lowest BCUT2D eigenvalue weighted by atomic mass is 10.0. The molecule has 1 aromatic carbocycles. The van der Waals surface area contributed by atoms with Crippen LogP contribution in [0.3, 0.4) is 0 Å². The number of alkyl halides is 3. The number of piperazine rings is 1. The molecule has 43 heavy (non-hydrogen) atoms. The van der Waals surface area contributed by atoms with E-state index in [1.807, 2.05) is 58.9 Å². The number of aromatic nitrogens is 1. The maximum Gasteiger partial charge on any atom is 0.417 e. The highest BCUT2D eigenvalue weighted by molar-refractivity contribution is 6.67. The van der Waals surface area contributed by atoms with Crippen molar-refractivity contribution in [3.05, 3.63) is 30.0 Å². The molecule has 0 saturated carbocycles. The molecule has 2 amide bonds. The van der Waals surface area contributed by atoms with Gasteiger partial charge in [-0.3, -0.25) is 0 Å². The van der Waals surface area contributed by atoms with E-state index in [2.05, 4.69) is 10.1 Å². The maximum absolute atomic E-state index is 13.4. The van der Waals surface area contributed by atoms with Crippen LogP contribution in [-0.2, 0) is 19.0 Å². The number of aryl methyl sites for hydroxylation is 1. The monoisotopic (exact) mass is 660 g/mol. The first kappa shape index (κ1) is 34.6. The minimum absolute atomic E-state index is 0.00147. The zero-order chi connectivity index (χ0) is 32.1. The Balaban J connectivity index is 1.89. The Morgan fingerprint density at radius 1 is 1.05 bits per heavy atom. The van der Waals surface area contributed by atoms with Gasteiger partial charge in [-0.15, -0.1) is 0 Å². The van der Waals surface area contributed by atoms with Crippen molar-refractivity contribution in [3.63, 3.8) is 0 Å². The van der Waals surface area contributed by atoms with Crippen molar-refractivity contribution >= 4 is 64.5 Å². The van der Waals surface area contributed by atoms with E-state index in [-0.39, 0.29) is 24.3 Å². The summed E-state index contributed by atoms with van der Waals surface area (Å²) in [7, 11) is 1.24. The summed E-state index contributed by atoms with van der Waals surface area (Å²) < 4.78 is 19.6. The van der Waals surface area contributed by atoms with Crippen LogP contribution in [0, 0.1) is 12.8 Å². The van der Waals surface area contributed by atoms with Gasteiger partial charge in [0.2, 0.25) is 9.68 Å². The molecule has 2 aromatic rings. The molecule has 3 rings (SSSR count). The molecule has 0 spiro atoms. The van der Waals surface area contributed by atoms with Gasteiger partial charge in [-0.25, -0.2) is 19.3 Å². The molecule has 0 unspecified atom stereocenters. The summed E-state index contributed by atoms with van der Waals surface area (Å²) in [4.78, 5) is 43.7. The van der Waals surface area contributed by atoms with Crippen LogP contribution in [0.4, 0.5) is 21.2 Å². The molecule has 238 valence electrons. The van der Waals surface area contributed by atoms with Crippen LogP contribution in [0.15, 0.2) is 28.8 Å². The fraction of sp³-hybridized carbons (Fsp3) is 0.586. The van der Waals surface area contributed by atoms with Crippen molar-refractivity contribution in [1.29, 1.82) is 0 Å². The molecule has 0 radical (unpaired) electrons. The highest BCUT2D eigenvalue weighted by Crippen LogP contribution is 2.38. The highest BCUT2D eigenvalue weighted by Gasteiger charge is 2.39. The van der Waals surface area contributed by atoms with Gasteiger partial charge in [0.15, 0.2) is 0 Å². The van der Waals surface area contributed by atoms with E-state index in [4.69, 9.17) is 53.5 Å². The first-order valence-corrected chi connectivity index (χ1v) is 15.0. The maximum atomic E-state index is 13.4. The third kappa shape index (κ3) is 9.55. The standard InChI is InChI=1S/C29H39Cl3N4O7/c1-18(2)16-22(25(37)40-7)36(27(39)41-17-29(30,31)32)24-23(19(3)33-43-24)20-8-10-21(11-9-20)34-12-14-35(15-13-34)26(38)42-28(4,5)6/h8-11,18,22H,12-17H2,1-7H3/t22-/m0/s1. The summed E-state index contributed by atoms with van der Waals surface area (Å²) in [5.74, 6) is -0.669. The quantitative estimate of drug-likeness (QED) is 0.175. The second-order valence-corrected chi connectivity index (χ2v) is 14.2. The first-order chi connectivity index (χ1) is 20.0. The van der Waals surface area contributed by atoms with Crippen LogP contribution in [0.5, 0.6) is 0 Å². The number of nitrogens with zero attached hydrogens (tertiary/aromatic N) is 4. The van der Waals surface area contributed by atoms with Crippen molar-refractivity contribution in [1.82, 2.24) is 10.1 Å². The molecule has 1 saturated heterocycles. The van der Waals surface area contributed by atoms with E-state index in [9.17, 15) is 14.4 Å². The Bertz CT molecular complexity index is 1260. The van der Waals surface area contributed by atoms with Crippen LogP contribution in [0.2, 0.25) is 0 Å². The topological polar surface area (TPSA) is 115 Å². The SMILES string of the molecule is COC(=O)[C@H](CC(C)C)N(C(=O)OCC(Cl)(Cl)Cl)c1onc(C)c1-c1ccc(N2CCN(C(=O)OC(C)(C)C)CC2)cc1. The summed E-state index contributed by atoms with van der Waals surface area (Å²) in [6.07, 6.45) is -1.04. The van der Waals surface area contributed by atoms with E-state index in [0.29, 0.717) is 43.0 Å². The number of ether oxygens (including phenoxy) is 3. The van der Waals surface area contributed by atoms with Crippen LogP contribution >= 0.6 is 34.8 Å². The Hall–Kier alpha value is -2.89. The highest BCUT2D eigenvalue weighted by atomic mass is 35.6. The number of hydrogen-bond donors (Lipinski definition) is 0. The van der Waals surface area contributed by atoms with Gasteiger partial charge in [-0.2, -0.15) is 0 Å². The zero-order valence-electron chi connectivity index (χ0n) is 25.5. The number of carbonyl (C=O) groups is 3. The average Bonchev–Trinajstić information content (AvgIpc) is 3.30. The molecule has 11 nitrogen and oxygen atoms in total. The lowest BCUT2D eigenvalue weighted by Crippen LogP contribution is -2.50. The molecule has 1 aliphatic rings. The number of carbonyl (C=O) groups excluding carboxylic acids is 3. The van der Waals surface area contributed by atoms with Gasteiger partial charge in [0, 0.05) is 31.9 Å². The predicted molar refractivity (Wildman–Crippen MR) is 166 cm³/mol. The van der Waals surface area contributed by atoms with Gasteiger partial charge in [0.25, 0.3) is 0 Å². The summed E-state index contributed by atoms with van der Waals surface area (Å²) >= 11 is 17.5. The molecule has 14 heteroatoms. The zero-order valence-corrected chi connectivity index (χ0v) is 27.8. The van der Waals surface area contributed by atoms with E-state index in [0.717, 1.165) is 10.6 Å². The minimum Gasteiger partial charge on any atom is -0.467 e. The molecule has 2 heterocycles. The number of amides is 2. The molecular weight excluding hydrogens is 623 g/mol. The van der Waals surface area contributed by atoms with Gasteiger partial charge in [0.05, 0.1) is 18.4 Å². The Morgan fingerprint density at radius 2 is 1.65 bits per heavy atom. The van der Waals surface area contributed by atoms with E-state index in [1.54, 1.807) is 11.8 Å². The van der Waals surface area contributed by atoms with Crippen molar-refractivity contribution in [2.45, 2.75) is 63.4 Å².